The second-order valence-corrected chi connectivity index (χ2v) is 15.0. The van der Waals surface area contributed by atoms with Gasteiger partial charge in [-0.25, -0.2) is 0 Å². The molecule has 0 aromatic rings. The van der Waals surface area contributed by atoms with Gasteiger partial charge in [-0.05, 0) is 118 Å². The molecule has 6 rings (SSSR count). The van der Waals surface area contributed by atoms with Gasteiger partial charge in [-0.15, -0.1) is 0 Å². The van der Waals surface area contributed by atoms with Crippen molar-refractivity contribution in [2.45, 2.75) is 110 Å². The van der Waals surface area contributed by atoms with Gasteiger partial charge in [0.15, 0.2) is 5.79 Å². The third kappa shape index (κ3) is 3.84. The number of amides is 1. The number of likely N-dealkylation sites (N-methyl/N-ethyl adjacent to an activating group) is 1. The lowest BCUT2D eigenvalue weighted by Gasteiger charge is -2.61. The molecule has 36 heavy (non-hydrogen) atoms. The third-order valence-corrected chi connectivity index (χ3v) is 12.8. The molecule has 1 spiro atoms. The van der Waals surface area contributed by atoms with Crippen molar-refractivity contribution in [2.24, 2.45) is 52.3 Å². The number of rotatable bonds is 3. The molecule has 2 aliphatic heterocycles. The first-order chi connectivity index (χ1) is 17.1. The summed E-state index contributed by atoms with van der Waals surface area (Å²) in [7, 11) is 3.95. The quantitative estimate of drug-likeness (QED) is 0.558. The summed E-state index contributed by atoms with van der Waals surface area (Å²) in [5, 5.41) is 3.37. The highest BCUT2D eigenvalue weighted by atomic mass is 16.7. The molecule has 2 saturated heterocycles. The van der Waals surface area contributed by atoms with Gasteiger partial charge in [0.1, 0.15) is 0 Å². The standard InChI is InChI=1S/C31H52N2O3/c1-19-9-14-31(35-18-19)20(2)28-26(36-31)16-25-23-8-7-21-15-22(32-27(34)17-33(5)6)10-12-29(21,3)24(23)11-13-30(25,28)4/h19-26,28H,7-18H2,1-6H3,(H,32,34)/t19-,20-,21+,22-,23+,24-,25-,26-,28-,29-,30-,31+/m0/s1. The van der Waals surface area contributed by atoms with E-state index in [-0.39, 0.29) is 11.7 Å². The lowest BCUT2D eigenvalue weighted by molar-refractivity contribution is -0.273. The van der Waals surface area contributed by atoms with Crippen LogP contribution in [-0.4, -0.2) is 56.0 Å². The van der Waals surface area contributed by atoms with Gasteiger partial charge in [-0.1, -0.05) is 27.7 Å². The Kier molecular flexibility index (Phi) is 6.37. The van der Waals surface area contributed by atoms with Gasteiger partial charge in [-0.3, -0.25) is 4.79 Å². The molecule has 0 radical (unpaired) electrons. The number of carbonyl (C=O) groups excluding carboxylic acids is 1. The fourth-order valence-electron chi connectivity index (χ4n) is 11.0. The van der Waals surface area contributed by atoms with Crippen LogP contribution in [0.4, 0.5) is 0 Å². The van der Waals surface area contributed by atoms with Crippen LogP contribution in [0.1, 0.15) is 91.9 Å². The number of nitrogens with zero attached hydrogens (tertiary/aromatic N) is 1. The Morgan fingerprint density at radius 1 is 0.944 bits per heavy atom. The zero-order valence-electron chi connectivity index (χ0n) is 23.9. The van der Waals surface area contributed by atoms with E-state index in [1.165, 1.54) is 51.4 Å². The smallest absolute Gasteiger partial charge is 0.234 e. The van der Waals surface area contributed by atoms with Crippen molar-refractivity contribution in [1.29, 1.82) is 0 Å². The average molecular weight is 501 g/mol. The maximum Gasteiger partial charge on any atom is 0.234 e. The van der Waals surface area contributed by atoms with Crippen LogP contribution in [0, 0.1) is 52.3 Å². The molecule has 4 saturated carbocycles. The highest BCUT2D eigenvalue weighted by Crippen LogP contribution is 2.71. The zero-order valence-corrected chi connectivity index (χ0v) is 23.9. The van der Waals surface area contributed by atoms with Crippen molar-refractivity contribution in [2.75, 3.05) is 27.2 Å². The summed E-state index contributed by atoms with van der Waals surface area (Å²) in [6, 6.07) is 0.371. The van der Waals surface area contributed by atoms with Crippen molar-refractivity contribution in [3.05, 3.63) is 0 Å². The van der Waals surface area contributed by atoms with Gasteiger partial charge in [0.25, 0.3) is 0 Å². The van der Waals surface area contributed by atoms with E-state index in [1.54, 1.807) is 0 Å². The van der Waals surface area contributed by atoms with Crippen LogP contribution in [0.3, 0.4) is 0 Å². The second-order valence-electron chi connectivity index (χ2n) is 15.0. The molecule has 0 unspecified atom stereocenters. The van der Waals surface area contributed by atoms with Gasteiger partial charge in [-0.2, -0.15) is 0 Å². The number of ether oxygens (including phenoxy) is 2. The molecule has 0 bridgehead atoms. The minimum absolute atomic E-state index is 0.191. The molecule has 4 aliphatic carbocycles. The number of fused-ring (bicyclic) bond motifs is 7. The number of nitrogens with one attached hydrogen (secondary N) is 1. The topological polar surface area (TPSA) is 50.8 Å². The molecule has 1 amide bonds. The molecule has 5 nitrogen and oxygen atoms in total. The van der Waals surface area contributed by atoms with E-state index in [2.05, 4.69) is 33.0 Å². The summed E-state index contributed by atoms with van der Waals surface area (Å²) in [5.74, 6) is 5.00. The van der Waals surface area contributed by atoms with E-state index in [4.69, 9.17) is 9.47 Å². The Labute approximate surface area is 219 Å². The predicted molar refractivity (Wildman–Crippen MR) is 142 cm³/mol. The maximum atomic E-state index is 12.4. The molecule has 204 valence electrons. The van der Waals surface area contributed by atoms with Crippen LogP contribution in [0.5, 0.6) is 0 Å². The zero-order chi connectivity index (χ0) is 25.5. The first-order valence-corrected chi connectivity index (χ1v) is 15.3. The lowest BCUT2D eigenvalue weighted by atomic mass is 9.44. The molecule has 5 heteroatoms. The first kappa shape index (κ1) is 25.6. The Balaban J connectivity index is 1.15. The SMILES string of the molecule is C[C@H]1CC[C@@]2(OC1)O[C@H]1C[C@H]3[C@@H]4CC[C@@H]5C[C@@H](NC(=O)CN(C)C)CC[C@]5(C)[C@H]4CC[C@]3(C)[C@H]1[C@@H]2C. The van der Waals surface area contributed by atoms with Crippen LogP contribution >= 0.6 is 0 Å². The second kappa shape index (κ2) is 8.95. The first-order valence-electron chi connectivity index (χ1n) is 15.3. The summed E-state index contributed by atoms with van der Waals surface area (Å²) in [5.41, 5.74) is 0.850. The fourth-order valence-corrected chi connectivity index (χ4v) is 11.0. The number of hydrogen-bond acceptors (Lipinski definition) is 4. The summed E-state index contributed by atoms with van der Waals surface area (Å²) < 4.78 is 13.5. The Bertz CT molecular complexity index is 853. The highest BCUT2D eigenvalue weighted by Gasteiger charge is 2.69. The van der Waals surface area contributed by atoms with Crippen LogP contribution < -0.4 is 5.32 Å². The third-order valence-electron chi connectivity index (χ3n) is 12.8. The fraction of sp³-hybridized carbons (Fsp3) is 0.968. The molecular weight excluding hydrogens is 448 g/mol. The van der Waals surface area contributed by atoms with E-state index in [9.17, 15) is 4.79 Å². The average Bonchev–Trinajstić information content (AvgIpc) is 3.26. The Hall–Kier alpha value is -0.650. The van der Waals surface area contributed by atoms with Crippen LogP contribution in [0.25, 0.3) is 0 Å². The summed E-state index contributed by atoms with van der Waals surface area (Å²) >= 11 is 0. The van der Waals surface area contributed by atoms with E-state index in [1.807, 2.05) is 19.0 Å². The van der Waals surface area contributed by atoms with E-state index in [0.717, 1.165) is 43.1 Å². The molecule has 12 atom stereocenters. The molecular formula is C31H52N2O3. The van der Waals surface area contributed by atoms with Gasteiger partial charge < -0.3 is 19.7 Å². The monoisotopic (exact) mass is 500 g/mol. The molecule has 6 aliphatic rings. The number of carbonyl (C=O) groups is 1. The highest BCUT2D eigenvalue weighted by molar-refractivity contribution is 5.78. The molecule has 0 aromatic carbocycles. The summed E-state index contributed by atoms with van der Waals surface area (Å²) in [6.07, 6.45) is 13.1. The minimum Gasteiger partial charge on any atom is -0.352 e. The molecule has 2 heterocycles. The van der Waals surface area contributed by atoms with Crippen LogP contribution in [0.2, 0.25) is 0 Å². The lowest BCUT2D eigenvalue weighted by Crippen LogP contribution is -2.56. The predicted octanol–water partition coefficient (Wildman–Crippen LogP) is 5.48. The van der Waals surface area contributed by atoms with Crippen molar-refractivity contribution >= 4 is 5.91 Å². The van der Waals surface area contributed by atoms with Crippen molar-refractivity contribution in [3.63, 3.8) is 0 Å². The van der Waals surface area contributed by atoms with Crippen LogP contribution in [0.15, 0.2) is 0 Å². The summed E-state index contributed by atoms with van der Waals surface area (Å²) in [6.45, 7) is 11.4. The normalized spacial score (nSPS) is 54.0. The summed E-state index contributed by atoms with van der Waals surface area (Å²) in [4.78, 5) is 14.4. The van der Waals surface area contributed by atoms with E-state index < -0.39 is 0 Å². The Morgan fingerprint density at radius 3 is 2.44 bits per heavy atom. The van der Waals surface area contributed by atoms with Gasteiger partial charge in [0.05, 0.1) is 19.3 Å². The van der Waals surface area contributed by atoms with Gasteiger partial charge in [0, 0.05) is 18.4 Å². The van der Waals surface area contributed by atoms with E-state index in [0.29, 0.717) is 47.3 Å². The van der Waals surface area contributed by atoms with Crippen molar-refractivity contribution in [1.82, 2.24) is 10.2 Å². The minimum atomic E-state index is -0.300. The van der Waals surface area contributed by atoms with E-state index >= 15 is 0 Å². The molecule has 0 aromatic heterocycles. The van der Waals surface area contributed by atoms with Gasteiger partial charge >= 0.3 is 0 Å². The largest absolute Gasteiger partial charge is 0.352 e. The van der Waals surface area contributed by atoms with Crippen LogP contribution in [-0.2, 0) is 14.3 Å². The Morgan fingerprint density at radius 2 is 1.72 bits per heavy atom. The number of hydrogen-bond donors (Lipinski definition) is 1. The molecule has 1 N–H and O–H groups in total. The van der Waals surface area contributed by atoms with Crippen molar-refractivity contribution < 1.29 is 14.3 Å². The molecule has 6 fully saturated rings. The van der Waals surface area contributed by atoms with Crippen molar-refractivity contribution in [3.8, 4) is 0 Å². The van der Waals surface area contributed by atoms with Gasteiger partial charge in [0.2, 0.25) is 5.91 Å². The maximum absolute atomic E-state index is 12.4.